The fourth-order valence-corrected chi connectivity index (χ4v) is 2.23. The Labute approximate surface area is 118 Å². The lowest BCUT2D eigenvalue weighted by molar-refractivity contribution is 0.520. The number of hydrogen-bond donors (Lipinski definition) is 2. The van der Waals surface area contributed by atoms with Crippen molar-refractivity contribution in [3.8, 4) is 0 Å². The van der Waals surface area contributed by atoms with Crippen LogP contribution in [0.5, 0.6) is 0 Å². The number of nitrogens with two attached hydrogens (primary N) is 1. The van der Waals surface area contributed by atoms with Crippen LogP contribution in [0.3, 0.4) is 0 Å². The molecule has 0 bridgehead atoms. The third kappa shape index (κ3) is 4.63. The molecule has 0 fully saturated rings. The van der Waals surface area contributed by atoms with Gasteiger partial charge in [-0.1, -0.05) is 39.8 Å². The van der Waals surface area contributed by atoms with Crippen molar-refractivity contribution in [3.05, 3.63) is 34.4 Å². The molecule has 108 valence electrons. The first-order valence-corrected chi connectivity index (χ1v) is 7.27. The van der Waals surface area contributed by atoms with Crippen molar-refractivity contribution in [2.75, 3.05) is 13.1 Å². The van der Waals surface area contributed by atoms with Crippen LogP contribution in [0.2, 0.25) is 0 Å². The van der Waals surface area contributed by atoms with Gasteiger partial charge in [0.2, 0.25) is 0 Å². The van der Waals surface area contributed by atoms with Crippen LogP contribution in [0, 0.1) is 19.8 Å². The van der Waals surface area contributed by atoms with Crippen molar-refractivity contribution in [3.63, 3.8) is 0 Å². The summed E-state index contributed by atoms with van der Waals surface area (Å²) in [5, 5.41) is 3.51. The molecule has 0 aliphatic rings. The van der Waals surface area contributed by atoms with Gasteiger partial charge in [-0.3, -0.25) is 0 Å². The molecule has 1 atom stereocenters. The van der Waals surface area contributed by atoms with Gasteiger partial charge < -0.3 is 11.1 Å². The molecule has 2 nitrogen and oxygen atoms in total. The second-order valence-electron chi connectivity index (χ2n) is 6.81. The van der Waals surface area contributed by atoms with E-state index in [9.17, 15) is 0 Å². The zero-order valence-corrected chi connectivity index (χ0v) is 13.4. The average Bonchev–Trinajstić information content (AvgIpc) is 2.30. The smallest absolute Gasteiger partial charge is 0.0210 e. The summed E-state index contributed by atoms with van der Waals surface area (Å²) < 4.78 is 0. The van der Waals surface area contributed by atoms with Gasteiger partial charge in [0.25, 0.3) is 0 Å². The van der Waals surface area contributed by atoms with Crippen molar-refractivity contribution < 1.29 is 0 Å². The van der Waals surface area contributed by atoms with Crippen molar-refractivity contribution in [2.24, 2.45) is 11.7 Å². The minimum Gasteiger partial charge on any atom is -0.330 e. The molecule has 0 aromatic heterocycles. The largest absolute Gasteiger partial charge is 0.330 e. The number of nitrogens with one attached hydrogen (secondary N) is 1. The standard InChI is InChI=1S/C17H30N2/c1-12(9-18)10-19-11-16-13(2)7-15(8-14(16)3)17(4,5)6/h7-8,12,19H,9-11,18H2,1-6H3. The minimum atomic E-state index is 0.218. The minimum absolute atomic E-state index is 0.218. The molecule has 2 heteroatoms. The first-order valence-electron chi connectivity index (χ1n) is 7.27. The maximum Gasteiger partial charge on any atom is 0.0210 e. The lowest BCUT2D eigenvalue weighted by atomic mass is 9.84. The summed E-state index contributed by atoms with van der Waals surface area (Å²) >= 11 is 0. The van der Waals surface area contributed by atoms with Crippen molar-refractivity contribution in [1.29, 1.82) is 0 Å². The van der Waals surface area contributed by atoms with Gasteiger partial charge in [0.15, 0.2) is 0 Å². The maximum atomic E-state index is 5.64. The highest BCUT2D eigenvalue weighted by Crippen LogP contribution is 2.26. The Balaban J connectivity index is 2.80. The van der Waals surface area contributed by atoms with E-state index in [2.05, 4.69) is 59.0 Å². The summed E-state index contributed by atoms with van der Waals surface area (Å²) in [6.45, 7) is 16.1. The summed E-state index contributed by atoms with van der Waals surface area (Å²) in [6.07, 6.45) is 0. The molecule has 0 spiro atoms. The topological polar surface area (TPSA) is 38.0 Å². The Morgan fingerprint density at radius 1 is 1.16 bits per heavy atom. The average molecular weight is 262 g/mol. The zero-order chi connectivity index (χ0) is 14.6. The normalized spacial score (nSPS) is 13.6. The second kappa shape index (κ2) is 6.53. The molecule has 1 aromatic rings. The van der Waals surface area contributed by atoms with E-state index in [1.54, 1.807) is 0 Å². The molecule has 0 saturated heterocycles. The zero-order valence-electron chi connectivity index (χ0n) is 13.4. The summed E-state index contributed by atoms with van der Waals surface area (Å²) in [7, 11) is 0. The van der Waals surface area contributed by atoms with E-state index in [0.29, 0.717) is 5.92 Å². The van der Waals surface area contributed by atoms with Gasteiger partial charge in [0.1, 0.15) is 0 Å². The molecule has 1 aromatic carbocycles. The Kier molecular flexibility index (Phi) is 5.57. The van der Waals surface area contributed by atoms with Crippen LogP contribution in [0.4, 0.5) is 0 Å². The highest BCUT2D eigenvalue weighted by molar-refractivity contribution is 5.40. The second-order valence-corrected chi connectivity index (χ2v) is 6.81. The number of rotatable bonds is 5. The Bertz CT molecular complexity index is 393. The Morgan fingerprint density at radius 2 is 1.68 bits per heavy atom. The fraction of sp³-hybridized carbons (Fsp3) is 0.647. The lowest BCUT2D eigenvalue weighted by Crippen LogP contribution is -2.26. The van der Waals surface area contributed by atoms with E-state index in [4.69, 9.17) is 5.73 Å². The summed E-state index contributed by atoms with van der Waals surface area (Å²) in [6, 6.07) is 4.66. The molecule has 0 heterocycles. The van der Waals surface area contributed by atoms with Crippen LogP contribution in [0.15, 0.2) is 12.1 Å². The first-order chi connectivity index (χ1) is 8.75. The Morgan fingerprint density at radius 3 is 2.11 bits per heavy atom. The van der Waals surface area contributed by atoms with E-state index in [1.165, 1.54) is 22.3 Å². The number of hydrogen-bond acceptors (Lipinski definition) is 2. The van der Waals surface area contributed by atoms with E-state index in [1.807, 2.05) is 0 Å². The van der Waals surface area contributed by atoms with Gasteiger partial charge in [-0.15, -0.1) is 0 Å². The molecule has 19 heavy (non-hydrogen) atoms. The maximum absolute atomic E-state index is 5.64. The van der Waals surface area contributed by atoms with Crippen molar-refractivity contribution >= 4 is 0 Å². The lowest BCUT2D eigenvalue weighted by Gasteiger charge is -2.22. The molecule has 1 unspecified atom stereocenters. The van der Waals surface area contributed by atoms with Gasteiger partial charge >= 0.3 is 0 Å². The van der Waals surface area contributed by atoms with Crippen LogP contribution in [-0.2, 0) is 12.0 Å². The molecule has 0 radical (unpaired) electrons. The number of benzene rings is 1. The molecular weight excluding hydrogens is 232 g/mol. The van der Waals surface area contributed by atoms with Crippen LogP contribution < -0.4 is 11.1 Å². The van der Waals surface area contributed by atoms with E-state index >= 15 is 0 Å². The van der Waals surface area contributed by atoms with Gasteiger partial charge in [-0.25, -0.2) is 0 Å². The van der Waals surface area contributed by atoms with Crippen molar-refractivity contribution in [1.82, 2.24) is 5.32 Å². The van der Waals surface area contributed by atoms with E-state index in [0.717, 1.165) is 19.6 Å². The highest BCUT2D eigenvalue weighted by Gasteiger charge is 2.16. The van der Waals surface area contributed by atoms with Crippen LogP contribution >= 0.6 is 0 Å². The third-order valence-corrected chi connectivity index (χ3v) is 3.76. The molecular formula is C17H30N2. The molecule has 0 aliphatic carbocycles. The van der Waals surface area contributed by atoms with Gasteiger partial charge in [0, 0.05) is 6.54 Å². The Hall–Kier alpha value is -0.860. The molecule has 0 aliphatic heterocycles. The highest BCUT2D eigenvalue weighted by atomic mass is 14.9. The van der Waals surface area contributed by atoms with Gasteiger partial charge in [0.05, 0.1) is 0 Å². The monoisotopic (exact) mass is 262 g/mol. The van der Waals surface area contributed by atoms with Gasteiger partial charge in [-0.05, 0) is 60.5 Å². The van der Waals surface area contributed by atoms with E-state index in [-0.39, 0.29) is 5.41 Å². The van der Waals surface area contributed by atoms with Crippen LogP contribution in [-0.4, -0.2) is 13.1 Å². The predicted octanol–water partition coefficient (Wildman–Crippen LogP) is 3.29. The molecule has 0 saturated carbocycles. The molecule has 3 N–H and O–H groups in total. The fourth-order valence-electron chi connectivity index (χ4n) is 2.23. The summed E-state index contributed by atoms with van der Waals surface area (Å²) in [5.74, 6) is 0.537. The predicted molar refractivity (Wildman–Crippen MR) is 84.5 cm³/mol. The van der Waals surface area contributed by atoms with Crippen LogP contribution in [0.1, 0.15) is 49.9 Å². The van der Waals surface area contributed by atoms with Crippen LogP contribution in [0.25, 0.3) is 0 Å². The molecule has 1 rings (SSSR count). The van der Waals surface area contributed by atoms with E-state index < -0.39 is 0 Å². The van der Waals surface area contributed by atoms with Crippen molar-refractivity contribution in [2.45, 2.75) is 53.5 Å². The number of aryl methyl sites for hydroxylation is 2. The molecule has 0 amide bonds. The quantitative estimate of drug-likeness (QED) is 0.854. The third-order valence-electron chi connectivity index (χ3n) is 3.76. The summed E-state index contributed by atoms with van der Waals surface area (Å²) in [4.78, 5) is 0. The SMILES string of the molecule is Cc1cc(C(C)(C)C)cc(C)c1CNCC(C)CN. The first kappa shape index (κ1) is 16.2. The van der Waals surface area contributed by atoms with Gasteiger partial charge in [-0.2, -0.15) is 0 Å². The summed E-state index contributed by atoms with van der Waals surface area (Å²) in [5.41, 5.74) is 11.5.